The van der Waals surface area contributed by atoms with Gasteiger partial charge in [-0.1, -0.05) is 6.07 Å². The number of ether oxygens (including phenoxy) is 1. The van der Waals surface area contributed by atoms with Crippen molar-refractivity contribution in [1.29, 1.82) is 0 Å². The molecular formula is C18H25N3O2S2. The summed E-state index contributed by atoms with van der Waals surface area (Å²) in [5, 5.41) is 5.32. The summed E-state index contributed by atoms with van der Waals surface area (Å²) in [5.74, 6) is 0. The zero-order valence-electron chi connectivity index (χ0n) is 15.0. The Hall–Kier alpha value is -1.44. The van der Waals surface area contributed by atoms with Crippen LogP contribution >= 0.6 is 22.7 Å². The number of amides is 1. The van der Waals surface area contributed by atoms with Crippen LogP contribution in [0, 0.1) is 0 Å². The first-order valence-electron chi connectivity index (χ1n) is 8.59. The van der Waals surface area contributed by atoms with Gasteiger partial charge in [-0.05, 0) is 38.6 Å². The fourth-order valence-corrected chi connectivity index (χ4v) is 4.39. The fraction of sp³-hybridized carbons (Fsp3) is 0.556. The van der Waals surface area contributed by atoms with E-state index >= 15 is 0 Å². The Morgan fingerprint density at radius 3 is 2.80 bits per heavy atom. The summed E-state index contributed by atoms with van der Waals surface area (Å²) in [4.78, 5) is 22.4. The average molecular weight is 380 g/mol. The number of hydrogen-bond acceptors (Lipinski definition) is 6. The molecule has 0 bridgehead atoms. The molecule has 1 fully saturated rings. The Kier molecular flexibility index (Phi) is 5.76. The number of aromatic nitrogens is 1. The highest BCUT2D eigenvalue weighted by molar-refractivity contribution is 7.20. The van der Waals surface area contributed by atoms with Crippen LogP contribution in [0.2, 0.25) is 0 Å². The van der Waals surface area contributed by atoms with E-state index in [1.807, 2.05) is 25.7 Å². The van der Waals surface area contributed by atoms with Crippen LogP contribution in [0.3, 0.4) is 0 Å². The van der Waals surface area contributed by atoms with Crippen LogP contribution in [0.4, 0.5) is 4.79 Å². The molecular weight excluding hydrogens is 354 g/mol. The lowest BCUT2D eigenvalue weighted by Crippen LogP contribution is -2.39. The molecule has 2 aromatic rings. The molecule has 0 saturated carbocycles. The van der Waals surface area contributed by atoms with Crippen LogP contribution in [0.5, 0.6) is 0 Å². The summed E-state index contributed by atoms with van der Waals surface area (Å²) in [5.41, 5.74) is 0.668. The first kappa shape index (κ1) is 18.4. The van der Waals surface area contributed by atoms with Crippen LogP contribution in [0.25, 0.3) is 9.88 Å². The molecule has 5 nitrogen and oxygen atoms in total. The van der Waals surface area contributed by atoms with E-state index < -0.39 is 5.60 Å². The SMILES string of the molecule is CC(C)(C)OC(=O)N1CCCN(Cc2csc(-c3cccs3)n2)CC1. The minimum absolute atomic E-state index is 0.206. The maximum atomic E-state index is 12.2. The Bertz CT molecular complexity index is 691. The normalized spacial score (nSPS) is 16.7. The standard InChI is InChI=1S/C18H25N3O2S2/c1-18(2,3)23-17(22)21-8-5-7-20(9-10-21)12-14-13-25-16(19-14)15-6-4-11-24-15/h4,6,11,13H,5,7-10,12H2,1-3H3. The van der Waals surface area contributed by atoms with Crippen LogP contribution in [0.1, 0.15) is 32.9 Å². The molecule has 0 spiro atoms. The van der Waals surface area contributed by atoms with Crippen molar-refractivity contribution in [2.75, 3.05) is 26.2 Å². The number of carbonyl (C=O) groups excluding carboxylic acids is 1. The van der Waals surface area contributed by atoms with Crippen LogP contribution in [-0.2, 0) is 11.3 Å². The summed E-state index contributed by atoms with van der Waals surface area (Å²) < 4.78 is 5.49. The molecule has 0 N–H and O–H groups in total. The third-order valence-electron chi connectivity index (χ3n) is 3.91. The third-order valence-corrected chi connectivity index (χ3v) is 5.84. The van der Waals surface area contributed by atoms with E-state index in [1.165, 1.54) is 4.88 Å². The highest BCUT2D eigenvalue weighted by atomic mass is 32.1. The molecule has 1 aliphatic heterocycles. The van der Waals surface area contributed by atoms with E-state index in [1.54, 1.807) is 22.7 Å². The van der Waals surface area contributed by atoms with Gasteiger partial charge in [0.2, 0.25) is 0 Å². The van der Waals surface area contributed by atoms with Crippen molar-refractivity contribution in [2.24, 2.45) is 0 Å². The van der Waals surface area contributed by atoms with Crippen LogP contribution in [-0.4, -0.2) is 52.7 Å². The second-order valence-corrected chi connectivity index (χ2v) is 9.02. The zero-order valence-corrected chi connectivity index (χ0v) is 16.7. The molecule has 2 aromatic heterocycles. The monoisotopic (exact) mass is 379 g/mol. The molecule has 25 heavy (non-hydrogen) atoms. The minimum atomic E-state index is -0.443. The number of carbonyl (C=O) groups is 1. The molecule has 136 valence electrons. The van der Waals surface area contributed by atoms with Gasteiger partial charge in [0.1, 0.15) is 10.6 Å². The molecule has 0 unspecified atom stereocenters. The lowest BCUT2D eigenvalue weighted by Gasteiger charge is -2.26. The van der Waals surface area contributed by atoms with Crippen molar-refractivity contribution < 1.29 is 9.53 Å². The number of rotatable bonds is 3. The number of thiazole rings is 1. The zero-order chi connectivity index (χ0) is 17.9. The summed E-state index contributed by atoms with van der Waals surface area (Å²) in [6.07, 6.45) is 0.754. The molecule has 3 heterocycles. The lowest BCUT2D eigenvalue weighted by atomic mass is 10.2. The maximum absolute atomic E-state index is 12.2. The van der Waals surface area contributed by atoms with E-state index in [4.69, 9.17) is 9.72 Å². The van der Waals surface area contributed by atoms with Crippen molar-refractivity contribution in [3.8, 4) is 9.88 Å². The highest BCUT2D eigenvalue weighted by Gasteiger charge is 2.24. The van der Waals surface area contributed by atoms with Gasteiger partial charge in [-0.3, -0.25) is 4.90 Å². The first-order chi connectivity index (χ1) is 11.9. The molecule has 3 rings (SSSR count). The van der Waals surface area contributed by atoms with Crippen molar-refractivity contribution in [3.63, 3.8) is 0 Å². The van der Waals surface area contributed by atoms with E-state index in [0.717, 1.165) is 43.3 Å². The van der Waals surface area contributed by atoms with Crippen LogP contribution in [0.15, 0.2) is 22.9 Å². The van der Waals surface area contributed by atoms with E-state index in [9.17, 15) is 4.79 Å². The Morgan fingerprint density at radius 1 is 1.24 bits per heavy atom. The highest BCUT2D eigenvalue weighted by Crippen LogP contribution is 2.28. The predicted molar refractivity (Wildman–Crippen MR) is 103 cm³/mol. The van der Waals surface area contributed by atoms with Crippen molar-refractivity contribution in [3.05, 3.63) is 28.6 Å². The second-order valence-electron chi connectivity index (χ2n) is 7.22. The summed E-state index contributed by atoms with van der Waals surface area (Å²) in [7, 11) is 0. The molecule has 1 aliphatic rings. The molecule has 0 aliphatic carbocycles. The van der Waals surface area contributed by atoms with Crippen molar-refractivity contribution in [2.45, 2.75) is 39.3 Å². The molecule has 7 heteroatoms. The van der Waals surface area contributed by atoms with Gasteiger partial charge in [-0.15, -0.1) is 22.7 Å². The van der Waals surface area contributed by atoms with Gasteiger partial charge < -0.3 is 9.64 Å². The van der Waals surface area contributed by atoms with Gasteiger partial charge in [0.05, 0.1) is 10.6 Å². The summed E-state index contributed by atoms with van der Waals surface area (Å²) in [6.45, 7) is 9.84. The first-order valence-corrected chi connectivity index (χ1v) is 10.4. The maximum Gasteiger partial charge on any atom is 0.410 e. The van der Waals surface area contributed by atoms with Crippen LogP contribution < -0.4 is 0 Å². The summed E-state index contributed by atoms with van der Waals surface area (Å²) >= 11 is 3.42. The Labute approximate surface area is 157 Å². The quantitative estimate of drug-likeness (QED) is 0.797. The van der Waals surface area contributed by atoms with E-state index in [0.29, 0.717) is 6.54 Å². The van der Waals surface area contributed by atoms with Gasteiger partial charge in [-0.25, -0.2) is 9.78 Å². The smallest absolute Gasteiger partial charge is 0.410 e. The number of hydrogen-bond donors (Lipinski definition) is 0. The van der Waals surface area contributed by atoms with Gasteiger partial charge in [0.25, 0.3) is 0 Å². The number of nitrogens with zero attached hydrogens (tertiary/aromatic N) is 3. The molecule has 1 amide bonds. The van der Waals surface area contributed by atoms with E-state index in [2.05, 4.69) is 27.8 Å². The lowest BCUT2D eigenvalue weighted by molar-refractivity contribution is 0.0257. The molecule has 0 radical (unpaired) electrons. The van der Waals surface area contributed by atoms with Gasteiger partial charge >= 0.3 is 6.09 Å². The fourth-order valence-electron chi connectivity index (χ4n) is 2.76. The predicted octanol–water partition coefficient (Wildman–Crippen LogP) is 4.31. The summed E-state index contributed by atoms with van der Waals surface area (Å²) in [6, 6.07) is 4.17. The Balaban J connectivity index is 1.54. The number of thiophene rings is 1. The van der Waals surface area contributed by atoms with Crippen molar-refractivity contribution in [1.82, 2.24) is 14.8 Å². The minimum Gasteiger partial charge on any atom is -0.444 e. The third kappa shape index (κ3) is 5.26. The average Bonchev–Trinajstić information content (AvgIpc) is 3.14. The second kappa shape index (κ2) is 7.85. The topological polar surface area (TPSA) is 45.7 Å². The van der Waals surface area contributed by atoms with E-state index in [-0.39, 0.29) is 6.09 Å². The molecule has 1 saturated heterocycles. The van der Waals surface area contributed by atoms with Gasteiger partial charge in [-0.2, -0.15) is 0 Å². The van der Waals surface area contributed by atoms with Gasteiger partial charge in [0.15, 0.2) is 0 Å². The van der Waals surface area contributed by atoms with Gasteiger partial charge in [0, 0.05) is 38.1 Å². The van der Waals surface area contributed by atoms with Crippen molar-refractivity contribution >= 4 is 28.8 Å². The Morgan fingerprint density at radius 2 is 2.08 bits per heavy atom. The molecule has 0 atom stereocenters. The molecule has 0 aromatic carbocycles. The largest absolute Gasteiger partial charge is 0.444 e.